The molecule has 1 aromatic carbocycles. The van der Waals surface area contributed by atoms with Crippen molar-refractivity contribution >= 4 is 52.0 Å². The molecule has 128 valence electrons. The summed E-state index contributed by atoms with van der Waals surface area (Å²) in [4.78, 5) is 26.2. The van der Waals surface area contributed by atoms with Gasteiger partial charge in [-0.15, -0.1) is 11.3 Å². The number of anilines is 1. The van der Waals surface area contributed by atoms with Crippen LogP contribution in [0.3, 0.4) is 0 Å². The second kappa shape index (κ2) is 7.26. The van der Waals surface area contributed by atoms with Gasteiger partial charge in [-0.25, -0.2) is 4.79 Å². The molecule has 5 nitrogen and oxygen atoms in total. The molecular weight excluding hydrogens is 382 g/mol. The maximum absolute atomic E-state index is 12.7. The first-order chi connectivity index (χ1) is 12.0. The number of rotatable bonds is 4. The zero-order valence-electron chi connectivity index (χ0n) is 12.9. The van der Waals surface area contributed by atoms with Gasteiger partial charge in [0.25, 0.3) is 5.91 Å². The summed E-state index contributed by atoms with van der Waals surface area (Å²) in [5.41, 5.74) is 1.28. The number of carbonyl (C=O) groups is 2. The molecular formula is C17H12ClNO4S2. The number of hydrogen-bond acceptors (Lipinski definition) is 5. The minimum Gasteiger partial charge on any atom is -0.449 e. The Kier molecular flexibility index (Phi) is 5.08. The Labute approximate surface area is 156 Å². The highest BCUT2D eigenvalue weighted by molar-refractivity contribution is 7.18. The van der Waals surface area contributed by atoms with Crippen molar-refractivity contribution in [2.45, 2.75) is 0 Å². The number of carboxylic acid groups (broad SMARTS) is 1. The smallest absolute Gasteiger partial charge is 0.449 e. The van der Waals surface area contributed by atoms with Crippen LogP contribution in [-0.4, -0.2) is 24.2 Å². The van der Waals surface area contributed by atoms with Crippen molar-refractivity contribution in [2.24, 2.45) is 0 Å². The summed E-state index contributed by atoms with van der Waals surface area (Å²) in [6, 6.07) is 12.8. The van der Waals surface area contributed by atoms with E-state index in [1.807, 2.05) is 30.3 Å². The summed E-state index contributed by atoms with van der Waals surface area (Å²) in [7, 11) is 1.56. The van der Waals surface area contributed by atoms with E-state index in [4.69, 9.17) is 21.4 Å². The van der Waals surface area contributed by atoms with E-state index >= 15 is 0 Å². The van der Waals surface area contributed by atoms with Gasteiger partial charge < -0.3 is 14.7 Å². The molecule has 0 fully saturated rings. The molecule has 1 N–H and O–H groups in total. The van der Waals surface area contributed by atoms with Gasteiger partial charge >= 0.3 is 6.16 Å². The molecule has 2 aromatic heterocycles. The predicted molar refractivity (Wildman–Crippen MR) is 100 cm³/mol. The molecule has 0 spiro atoms. The summed E-state index contributed by atoms with van der Waals surface area (Å²) in [5.74, 6) is -0.326. The number of hydrogen-bond donors (Lipinski definition) is 1. The Morgan fingerprint density at radius 2 is 1.92 bits per heavy atom. The zero-order valence-corrected chi connectivity index (χ0v) is 15.3. The van der Waals surface area contributed by atoms with Crippen molar-refractivity contribution in [1.82, 2.24) is 0 Å². The molecule has 0 aliphatic carbocycles. The number of benzene rings is 1. The SMILES string of the molecule is CN(C(=O)c1sccc1Cl)c1cc(-c2ccccc2)sc1OC(=O)O. The monoisotopic (exact) mass is 393 g/mol. The second-order valence-electron chi connectivity index (χ2n) is 4.98. The van der Waals surface area contributed by atoms with E-state index in [0.29, 0.717) is 15.6 Å². The van der Waals surface area contributed by atoms with Gasteiger partial charge in [-0.1, -0.05) is 53.3 Å². The molecule has 3 aromatic rings. The minimum atomic E-state index is -1.43. The van der Waals surface area contributed by atoms with Crippen LogP contribution < -0.4 is 9.64 Å². The number of nitrogens with zero attached hydrogens (tertiary/aromatic N) is 1. The molecule has 0 radical (unpaired) electrons. The molecule has 0 bridgehead atoms. The van der Waals surface area contributed by atoms with Gasteiger partial charge in [-0.2, -0.15) is 0 Å². The molecule has 0 unspecified atom stereocenters. The summed E-state index contributed by atoms with van der Waals surface area (Å²) in [6.07, 6.45) is -1.43. The van der Waals surface area contributed by atoms with Crippen molar-refractivity contribution in [1.29, 1.82) is 0 Å². The number of halogens is 1. The average Bonchev–Trinajstić information content (AvgIpc) is 3.20. The van der Waals surface area contributed by atoms with Crippen LogP contribution in [0.2, 0.25) is 5.02 Å². The normalized spacial score (nSPS) is 10.5. The van der Waals surface area contributed by atoms with Crippen LogP contribution in [0, 0.1) is 0 Å². The van der Waals surface area contributed by atoms with E-state index in [1.54, 1.807) is 24.6 Å². The number of amides is 1. The first kappa shape index (κ1) is 17.5. The highest BCUT2D eigenvalue weighted by Gasteiger charge is 2.24. The van der Waals surface area contributed by atoms with Crippen LogP contribution in [0.4, 0.5) is 10.5 Å². The third-order valence-corrected chi connectivity index (χ3v) is 5.78. The largest absolute Gasteiger partial charge is 0.512 e. The Bertz CT molecular complexity index is 920. The van der Waals surface area contributed by atoms with Crippen LogP contribution in [-0.2, 0) is 0 Å². The molecule has 0 saturated carbocycles. The van der Waals surface area contributed by atoms with Gasteiger partial charge in [0.1, 0.15) is 4.88 Å². The highest BCUT2D eigenvalue weighted by Crippen LogP contribution is 2.43. The van der Waals surface area contributed by atoms with Crippen molar-refractivity contribution < 1.29 is 19.4 Å². The molecule has 0 saturated heterocycles. The lowest BCUT2D eigenvalue weighted by Gasteiger charge is -2.16. The van der Waals surface area contributed by atoms with Crippen LogP contribution in [0.1, 0.15) is 9.67 Å². The van der Waals surface area contributed by atoms with Gasteiger partial charge in [0, 0.05) is 11.9 Å². The van der Waals surface area contributed by atoms with Gasteiger partial charge in [0.15, 0.2) is 0 Å². The van der Waals surface area contributed by atoms with Crippen molar-refractivity contribution in [3.8, 4) is 15.5 Å². The minimum absolute atomic E-state index is 0.134. The Hall–Kier alpha value is -2.35. The fourth-order valence-electron chi connectivity index (χ4n) is 2.20. The fraction of sp³-hybridized carbons (Fsp3) is 0.0588. The van der Waals surface area contributed by atoms with E-state index in [-0.39, 0.29) is 11.0 Å². The summed E-state index contributed by atoms with van der Waals surface area (Å²) in [5, 5.41) is 11.2. The van der Waals surface area contributed by atoms with E-state index in [1.165, 1.54) is 16.2 Å². The molecule has 0 atom stereocenters. The van der Waals surface area contributed by atoms with Gasteiger partial charge in [0.05, 0.1) is 10.7 Å². The lowest BCUT2D eigenvalue weighted by atomic mass is 10.2. The Morgan fingerprint density at radius 1 is 1.20 bits per heavy atom. The molecule has 2 heterocycles. The number of ether oxygens (including phenoxy) is 1. The average molecular weight is 394 g/mol. The second-order valence-corrected chi connectivity index (χ2v) is 7.32. The van der Waals surface area contributed by atoms with E-state index in [2.05, 4.69) is 0 Å². The standard InChI is InChI=1S/C17H12ClNO4S2/c1-19(15(20)14-11(18)7-8-24-14)12-9-13(10-5-3-2-4-6-10)25-16(12)23-17(21)22/h2-9H,1H3,(H,21,22). The van der Waals surface area contributed by atoms with Crippen molar-refractivity contribution in [2.75, 3.05) is 11.9 Å². The quantitative estimate of drug-likeness (QED) is 0.597. The molecule has 8 heteroatoms. The van der Waals surface area contributed by atoms with Crippen LogP contribution in [0.15, 0.2) is 47.8 Å². The Morgan fingerprint density at radius 3 is 2.52 bits per heavy atom. The summed E-state index contributed by atoms with van der Waals surface area (Å²) >= 11 is 8.42. The van der Waals surface area contributed by atoms with Crippen LogP contribution >= 0.6 is 34.3 Å². The third-order valence-electron chi connectivity index (χ3n) is 3.40. The predicted octanol–water partition coefficient (Wildman–Crippen LogP) is 5.46. The molecule has 0 aliphatic heterocycles. The van der Waals surface area contributed by atoms with Gasteiger partial charge in [0.2, 0.25) is 5.06 Å². The van der Waals surface area contributed by atoms with Gasteiger partial charge in [-0.05, 0) is 23.1 Å². The van der Waals surface area contributed by atoms with E-state index in [0.717, 1.165) is 21.8 Å². The summed E-state index contributed by atoms with van der Waals surface area (Å²) < 4.78 is 4.88. The maximum Gasteiger partial charge on any atom is 0.512 e. The van der Waals surface area contributed by atoms with Crippen molar-refractivity contribution in [3.05, 3.63) is 57.7 Å². The molecule has 1 amide bonds. The zero-order chi connectivity index (χ0) is 18.0. The number of thiophene rings is 2. The maximum atomic E-state index is 12.7. The third kappa shape index (κ3) is 3.68. The first-order valence-electron chi connectivity index (χ1n) is 7.08. The van der Waals surface area contributed by atoms with Crippen LogP contribution in [0.25, 0.3) is 10.4 Å². The highest BCUT2D eigenvalue weighted by atomic mass is 35.5. The van der Waals surface area contributed by atoms with E-state index < -0.39 is 6.16 Å². The fourth-order valence-corrected chi connectivity index (χ4v) is 4.35. The lowest BCUT2D eigenvalue weighted by Crippen LogP contribution is -2.25. The Balaban J connectivity index is 2.01. The van der Waals surface area contributed by atoms with Crippen LogP contribution in [0.5, 0.6) is 5.06 Å². The first-order valence-corrected chi connectivity index (χ1v) is 9.16. The number of carbonyl (C=O) groups excluding carboxylic acids is 1. The van der Waals surface area contributed by atoms with E-state index in [9.17, 15) is 9.59 Å². The van der Waals surface area contributed by atoms with Gasteiger partial charge in [-0.3, -0.25) is 4.79 Å². The summed E-state index contributed by atoms with van der Waals surface area (Å²) in [6.45, 7) is 0. The molecule has 3 rings (SSSR count). The molecule has 25 heavy (non-hydrogen) atoms. The van der Waals surface area contributed by atoms with Crippen molar-refractivity contribution in [3.63, 3.8) is 0 Å². The topological polar surface area (TPSA) is 66.8 Å². The molecule has 0 aliphatic rings. The lowest BCUT2D eigenvalue weighted by molar-refractivity contribution is 0.0995.